The van der Waals surface area contributed by atoms with Gasteiger partial charge in [0.2, 0.25) is 5.91 Å². The summed E-state index contributed by atoms with van der Waals surface area (Å²) in [4.78, 5) is 27.5. The lowest BCUT2D eigenvalue weighted by Crippen LogP contribution is -2.55. The van der Waals surface area contributed by atoms with E-state index >= 15 is 0 Å². The van der Waals surface area contributed by atoms with Crippen LogP contribution in [0, 0.1) is 11.8 Å². The molecule has 6 nitrogen and oxygen atoms in total. The number of hydrogen-bond acceptors (Lipinski definition) is 3. The third kappa shape index (κ3) is 3.06. The molecule has 0 aromatic heterocycles. The first-order valence-corrected chi connectivity index (χ1v) is 7.59. The summed E-state index contributed by atoms with van der Waals surface area (Å²) in [6.07, 6.45) is 3.85. The first-order valence-electron chi connectivity index (χ1n) is 7.59. The predicted octanol–water partition coefficient (Wildman–Crippen LogP) is 0.363. The minimum absolute atomic E-state index is 0.115. The number of likely N-dealkylation sites (tertiary alicyclic amines) is 2. The first-order chi connectivity index (χ1) is 9.54. The van der Waals surface area contributed by atoms with E-state index in [1.54, 1.807) is 4.90 Å². The zero-order valence-electron chi connectivity index (χ0n) is 12.3. The van der Waals surface area contributed by atoms with Gasteiger partial charge in [-0.3, -0.25) is 4.79 Å². The summed E-state index contributed by atoms with van der Waals surface area (Å²) in [6.45, 7) is 4.58. The van der Waals surface area contributed by atoms with Crippen molar-refractivity contribution in [2.24, 2.45) is 23.3 Å². The van der Waals surface area contributed by atoms with Gasteiger partial charge < -0.3 is 21.3 Å². The number of amides is 3. The van der Waals surface area contributed by atoms with Crippen LogP contribution in [-0.4, -0.2) is 54.0 Å². The number of piperidine rings is 2. The third-order valence-corrected chi connectivity index (χ3v) is 4.72. The second kappa shape index (κ2) is 6.43. The predicted molar refractivity (Wildman–Crippen MR) is 76.8 cm³/mol. The van der Waals surface area contributed by atoms with E-state index in [1.807, 2.05) is 4.90 Å². The normalized spacial score (nSPS) is 31.2. The molecular formula is C14H26N4O2. The van der Waals surface area contributed by atoms with Gasteiger partial charge in [-0.1, -0.05) is 6.92 Å². The second-order valence-electron chi connectivity index (χ2n) is 6.08. The van der Waals surface area contributed by atoms with Crippen LogP contribution in [0.25, 0.3) is 0 Å². The Labute approximate surface area is 120 Å². The Bertz CT molecular complexity index is 374. The van der Waals surface area contributed by atoms with Crippen molar-refractivity contribution in [3.8, 4) is 0 Å². The number of rotatable bonds is 2. The summed E-state index contributed by atoms with van der Waals surface area (Å²) in [7, 11) is 0. The monoisotopic (exact) mass is 282 g/mol. The van der Waals surface area contributed by atoms with E-state index in [4.69, 9.17) is 11.5 Å². The molecule has 0 spiro atoms. The van der Waals surface area contributed by atoms with E-state index in [-0.39, 0.29) is 17.9 Å². The van der Waals surface area contributed by atoms with Crippen molar-refractivity contribution in [1.29, 1.82) is 0 Å². The smallest absolute Gasteiger partial charge is 0.314 e. The van der Waals surface area contributed by atoms with E-state index in [9.17, 15) is 9.59 Å². The van der Waals surface area contributed by atoms with E-state index in [2.05, 4.69) is 6.92 Å². The molecule has 3 amide bonds. The minimum atomic E-state index is -0.426. The van der Waals surface area contributed by atoms with Crippen LogP contribution >= 0.6 is 0 Å². The van der Waals surface area contributed by atoms with Gasteiger partial charge in [-0.2, -0.15) is 0 Å². The Morgan fingerprint density at radius 2 is 1.90 bits per heavy atom. The highest BCUT2D eigenvalue weighted by Crippen LogP contribution is 2.26. The van der Waals surface area contributed by atoms with Crippen molar-refractivity contribution in [2.45, 2.75) is 38.6 Å². The molecule has 2 fully saturated rings. The largest absolute Gasteiger partial charge is 0.351 e. The summed E-state index contributed by atoms with van der Waals surface area (Å²) in [5.74, 6) is 0.488. The SMILES string of the molecule is CC1CCCN(C(=O)C2CCCN(C(N)=O)C2)C1CN. The molecule has 0 aromatic carbocycles. The highest BCUT2D eigenvalue weighted by Gasteiger charge is 2.36. The quantitative estimate of drug-likeness (QED) is 0.766. The van der Waals surface area contributed by atoms with Crippen LogP contribution < -0.4 is 11.5 Å². The molecule has 0 radical (unpaired) electrons. The van der Waals surface area contributed by atoms with Gasteiger partial charge in [-0.15, -0.1) is 0 Å². The lowest BCUT2D eigenvalue weighted by atomic mass is 9.88. The van der Waals surface area contributed by atoms with Crippen LogP contribution in [0.3, 0.4) is 0 Å². The average molecular weight is 282 g/mol. The van der Waals surface area contributed by atoms with Crippen molar-refractivity contribution in [3.05, 3.63) is 0 Å². The Balaban J connectivity index is 2.03. The second-order valence-corrected chi connectivity index (χ2v) is 6.08. The molecule has 0 saturated carbocycles. The third-order valence-electron chi connectivity index (χ3n) is 4.72. The van der Waals surface area contributed by atoms with Gasteiger partial charge in [0.25, 0.3) is 0 Å². The van der Waals surface area contributed by atoms with Crippen LogP contribution in [0.2, 0.25) is 0 Å². The topological polar surface area (TPSA) is 92.7 Å². The Kier molecular flexibility index (Phi) is 4.86. The summed E-state index contributed by atoms with van der Waals surface area (Å²) in [5, 5.41) is 0. The molecule has 114 valence electrons. The van der Waals surface area contributed by atoms with Crippen molar-refractivity contribution < 1.29 is 9.59 Å². The summed E-state index contributed by atoms with van der Waals surface area (Å²) < 4.78 is 0. The lowest BCUT2D eigenvalue weighted by Gasteiger charge is -2.42. The number of hydrogen-bond donors (Lipinski definition) is 2. The Hall–Kier alpha value is -1.30. The van der Waals surface area contributed by atoms with Crippen LogP contribution in [0.5, 0.6) is 0 Å². The number of nitrogens with two attached hydrogens (primary N) is 2. The maximum atomic E-state index is 12.7. The maximum Gasteiger partial charge on any atom is 0.314 e. The number of primary amides is 1. The number of nitrogens with zero attached hydrogens (tertiary/aromatic N) is 2. The molecular weight excluding hydrogens is 256 g/mol. The fourth-order valence-corrected chi connectivity index (χ4v) is 3.50. The fourth-order valence-electron chi connectivity index (χ4n) is 3.50. The molecule has 0 aromatic rings. The van der Waals surface area contributed by atoms with Gasteiger partial charge in [0.15, 0.2) is 0 Å². The molecule has 0 aliphatic carbocycles. The fraction of sp³-hybridized carbons (Fsp3) is 0.857. The van der Waals surface area contributed by atoms with E-state index in [0.29, 0.717) is 25.6 Å². The molecule has 4 N–H and O–H groups in total. The highest BCUT2D eigenvalue weighted by atomic mass is 16.2. The van der Waals surface area contributed by atoms with Crippen molar-refractivity contribution >= 4 is 11.9 Å². The van der Waals surface area contributed by atoms with Gasteiger partial charge in [0.05, 0.1) is 5.92 Å². The minimum Gasteiger partial charge on any atom is -0.351 e. The van der Waals surface area contributed by atoms with Gasteiger partial charge in [0.1, 0.15) is 0 Å². The summed E-state index contributed by atoms with van der Waals surface area (Å²) in [6, 6.07) is -0.287. The Morgan fingerprint density at radius 1 is 1.20 bits per heavy atom. The van der Waals surface area contributed by atoms with Crippen LogP contribution in [0.1, 0.15) is 32.6 Å². The van der Waals surface area contributed by atoms with Crippen molar-refractivity contribution in [3.63, 3.8) is 0 Å². The van der Waals surface area contributed by atoms with Crippen molar-refractivity contribution in [2.75, 3.05) is 26.2 Å². The number of urea groups is 1. The Morgan fingerprint density at radius 3 is 2.55 bits per heavy atom. The molecule has 2 aliphatic heterocycles. The molecule has 0 bridgehead atoms. The summed E-state index contributed by atoms with van der Waals surface area (Å²) in [5.41, 5.74) is 11.2. The molecule has 3 atom stereocenters. The summed E-state index contributed by atoms with van der Waals surface area (Å²) >= 11 is 0. The van der Waals surface area contributed by atoms with Gasteiger partial charge in [-0.25, -0.2) is 4.79 Å². The average Bonchev–Trinajstić information content (AvgIpc) is 2.46. The molecule has 2 aliphatic rings. The van der Waals surface area contributed by atoms with Gasteiger partial charge in [-0.05, 0) is 31.6 Å². The molecule has 3 unspecified atom stereocenters. The molecule has 2 heterocycles. The van der Waals surface area contributed by atoms with Gasteiger partial charge >= 0.3 is 6.03 Å². The van der Waals surface area contributed by atoms with E-state index in [0.717, 1.165) is 32.2 Å². The zero-order valence-corrected chi connectivity index (χ0v) is 12.3. The molecule has 6 heteroatoms. The highest BCUT2D eigenvalue weighted by molar-refractivity contribution is 5.81. The van der Waals surface area contributed by atoms with Crippen LogP contribution in [0.15, 0.2) is 0 Å². The van der Waals surface area contributed by atoms with E-state index in [1.165, 1.54) is 0 Å². The molecule has 2 rings (SSSR count). The number of carbonyl (C=O) groups excluding carboxylic acids is 2. The lowest BCUT2D eigenvalue weighted by molar-refractivity contribution is -0.141. The molecule has 2 saturated heterocycles. The zero-order chi connectivity index (χ0) is 14.7. The maximum absolute atomic E-state index is 12.7. The van der Waals surface area contributed by atoms with Crippen molar-refractivity contribution in [1.82, 2.24) is 9.80 Å². The van der Waals surface area contributed by atoms with Crippen LogP contribution in [-0.2, 0) is 4.79 Å². The van der Waals surface area contributed by atoms with E-state index < -0.39 is 6.03 Å². The standard InChI is InChI=1S/C14H26N4O2/c1-10-4-2-7-18(12(10)8-15)13(19)11-5-3-6-17(9-11)14(16)20/h10-12H,2-9,15H2,1H3,(H2,16,20). The van der Waals surface area contributed by atoms with Crippen LogP contribution in [0.4, 0.5) is 4.79 Å². The first kappa shape index (κ1) is 15.1. The van der Waals surface area contributed by atoms with Gasteiger partial charge in [0, 0.05) is 32.2 Å². The molecule has 20 heavy (non-hydrogen) atoms. The number of carbonyl (C=O) groups is 2.